The van der Waals surface area contributed by atoms with Crippen LogP contribution in [0.25, 0.3) is 0 Å². The first-order valence-corrected chi connectivity index (χ1v) is 8.03. The highest BCUT2D eigenvalue weighted by atomic mass is 16.3. The highest BCUT2D eigenvalue weighted by Crippen LogP contribution is 2.30. The van der Waals surface area contributed by atoms with Crippen molar-refractivity contribution < 1.29 is 15.0 Å². The number of carbonyl (C=O) groups is 1. The van der Waals surface area contributed by atoms with Crippen molar-refractivity contribution in [2.24, 2.45) is 0 Å². The molecule has 124 valence electrons. The maximum absolute atomic E-state index is 12.2. The van der Waals surface area contributed by atoms with Gasteiger partial charge in [0.2, 0.25) is 11.5 Å². The summed E-state index contributed by atoms with van der Waals surface area (Å²) in [6, 6.07) is 8.07. The summed E-state index contributed by atoms with van der Waals surface area (Å²) in [5.74, 6) is -1.56. The molecule has 24 heavy (non-hydrogen) atoms. The van der Waals surface area contributed by atoms with Crippen LogP contribution >= 0.6 is 0 Å². The lowest BCUT2D eigenvalue weighted by molar-refractivity contribution is 0.0956. The Hall–Kier alpha value is -2.60. The van der Waals surface area contributed by atoms with Crippen molar-refractivity contribution in [1.82, 2.24) is 9.88 Å². The summed E-state index contributed by atoms with van der Waals surface area (Å²) in [4.78, 5) is 20.7. The van der Waals surface area contributed by atoms with E-state index in [-0.39, 0.29) is 17.8 Å². The Bertz CT molecular complexity index is 698. The average molecular weight is 325 g/mol. The van der Waals surface area contributed by atoms with E-state index in [4.69, 9.17) is 0 Å². The van der Waals surface area contributed by atoms with Crippen LogP contribution in [0.5, 0.6) is 11.5 Å². The van der Waals surface area contributed by atoms with Gasteiger partial charge in [-0.2, -0.15) is 0 Å². The van der Waals surface area contributed by atoms with E-state index in [0.717, 1.165) is 31.9 Å². The van der Waals surface area contributed by atoms with E-state index in [9.17, 15) is 15.0 Å². The van der Waals surface area contributed by atoms with E-state index in [0.29, 0.717) is 6.54 Å². The molecule has 0 bridgehead atoms. The van der Waals surface area contributed by atoms with E-state index in [1.165, 1.54) is 18.2 Å². The SMILES string of the molecule is [O]c1cccc(C(=O)CCN2CCN(c3ccncc3)CC2)c1[O]. The summed E-state index contributed by atoms with van der Waals surface area (Å²) in [6.45, 7) is 4.11. The van der Waals surface area contributed by atoms with Crippen molar-refractivity contribution in [3.05, 3.63) is 48.3 Å². The minimum absolute atomic E-state index is 0.0120. The topological polar surface area (TPSA) is 76.2 Å². The molecule has 1 aliphatic rings. The summed E-state index contributed by atoms with van der Waals surface area (Å²) in [7, 11) is 0. The van der Waals surface area contributed by atoms with Crippen LogP contribution in [0.4, 0.5) is 5.69 Å². The molecule has 0 aliphatic carbocycles. The Kier molecular flexibility index (Phi) is 4.96. The van der Waals surface area contributed by atoms with Gasteiger partial charge in [0.05, 0.1) is 5.56 Å². The van der Waals surface area contributed by atoms with Gasteiger partial charge in [-0.3, -0.25) is 24.9 Å². The summed E-state index contributed by atoms with van der Waals surface area (Å²) in [6.07, 6.45) is 3.82. The van der Waals surface area contributed by atoms with Gasteiger partial charge in [0, 0.05) is 57.2 Å². The van der Waals surface area contributed by atoms with Crippen LogP contribution in [0.2, 0.25) is 0 Å². The van der Waals surface area contributed by atoms with Gasteiger partial charge in [-0.05, 0) is 24.3 Å². The number of Topliss-reactive ketones (excluding diaryl/α,β-unsaturated/α-hetero) is 1. The maximum atomic E-state index is 12.2. The zero-order chi connectivity index (χ0) is 16.9. The van der Waals surface area contributed by atoms with Crippen molar-refractivity contribution in [2.45, 2.75) is 6.42 Å². The zero-order valence-electron chi connectivity index (χ0n) is 13.4. The Labute approximate surface area is 141 Å². The lowest BCUT2D eigenvalue weighted by Crippen LogP contribution is -2.46. The molecule has 1 saturated heterocycles. The predicted molar refractivity (Wildman–Crippen MR) is 88.5 cm³/mol. The molecule has 2 radical (unpaired) electrons. The molecule has 1 fully saturated rings. The normalized spacial score (nSPS) is 15.4. The lowest BCUT2D eigenvalue weighted by Gasteiger charge is -2.35. The van der Waals surface area contributed by atoms with Crippen LogP contribution in [-0.4, -0.2) is 48.4 Å². The molecule has 1 aromatic heterocycles. The Morgan fingerprint density at radius 3 is 2.42 bits per heavy atom. The number of carbonyl (C=O) groups excluding carboxylic acids is 1. The second-order valence-electron chi connectivity index (χ2n) is 5.84. The van der Waals surface area contributed by atoms with Crippen molar-refractivity contribution in [1.29, 1.82) is 0 Å². The van der Waals surface area contributed by atoms with Gasteiger partial charge in [0.25, 0.3) is 0 Å². The lowest BCUT2D eigenvalue weighted by atomic mass is 10.1. The second kappa shape index (κ2) is 7.31. The monoisotopic (exact) mass is 325 g/mol. The fraction of sp³-hybridized carbons (Fsp3) is 0.333. The van der Waals surface area contributed by atoms with Gasteiger partial charge >= 0.3 is 0 Å². The second-order valence-corrected chi connectivity index (χ2v) is 5.84. The molecule has 0 unspecified atom stereocenters. The van der Waals surface area contributed by atoms with Crippen LogP contribution in [0, 0.1) is 0 Å². The number of rotatable bonds is 5. The number of anilines is 1. The Morgan fingerprint density at radius 1 is 1.00 bits per heavy atom. The molecule has 0 N–H and O–H groups in total. The third kappa shape index (κ3) is 3.65. The number of pyridine rings is 1. The largest absolute Gasteiger partial charge is 0.369 e. The van der Waals surface area contributed by atoms with Crippen LogP contribution in [0.3, 0.4) is 0 Å². The van der Waals surface area contributed by atoms with Crippen LogP contribution in [0.15, 0.2) is 42.7 Å². The molecule has 1 aromatic carbocycles. The molecule has 0 atom stereocenters. The van der Waals surface area contributed by atoms with E-state index in [2.05, 4.69) is 14.8 Å². The molecule has 1 aliphatic heterocycles. The summed E-state index contributed by atoms with van der Waals surface area (Å²) < 4.78 is 0. The molecule has 0 spiro atoms. The smallest absolute Gasteiger partial charge is 0.236 e. The molecule has 0 amide bonds. The number of aromatic nitrogens is 1. The van der Waals surface area contributed by atoms with Gasteiger partial charge in [-0.25, -0.2) is 0 Å². The standard InChI is InChI=1S/C18H19N3O3/c22-16(15-2-1-3-17(23)18(15)24)6-9-20-10-12-21(13-11-20)14-4-7-19-8-5-14/h1-5,7-8H,6,9-13H2. The number of nitrogens with zero attached hydrogens (tertiary/aromatic N) is 3. The Morgan fingerprint density at radius 2 is 1.71 bits per heavy atom. The first kappa shape index (κ1) is 16.3. The molecule has 6 nitrogen and oxygen atoms in total. The maximum Gasteiger partial charge on any atom is 0.236 e. The number of benzene rings is 1. The van der Waals surface area contributed by atoms with Crippen LogP contribution < -0.4 is 4.90 Å². The molecule has 3 rings (SSSR count). The number of para-hydroxylation sites is 1. The zero-order valence-corrected chi connectivity index (χ0v) is 13.4. The summed E-state index contributed by atoms with van der Waals surface area (Å²) >= 11 is 0. The Balaban J connectivity index is 1.50. The number of hydrogen-bond acceptors (Lipinski definition) is 4. The summed E-state index contributed by atoms with van der Waals surface area (Å²) in [5, 5.41) is 23.0. The fourth-order valence-corrected chi connectivity index (χ4v) is 2.91. The van der Waals surface area contributed by atoms with E-state index in [1.807, 2.05) is 12.1 Å². The van der Waals surface area contributed by atoms with Crippen molar-refractivity contribution >= 4 is 11.5 Å². The number of hydrogen-bond donors (Lipinski definition) is 0. The van der Waals surface area contributed by atoms with Gasteiger partial charge in [-0.15, -0.1) is 0 Å². The molecular weight excluding hydrogens is 306 g/mol. The third-order valence-corrected chi connectivity index (χ3v) is 4.33. The third-order valence-electron chi connectivity index (χ3n) is 4.33. The first-order chi connectivity index (χ1) is 11.6. The highest BCUT2D eigenvalue weighted by Gasteiger charge is 2.20. The van der Waals surface area contributed by atoms with E-state index >= 15 is 0 Å². The van der Waals surface area contributed by atoms with Crippen LogP contribution in [-0.2, 0) is 10.2 Å². The predicted octanol–water partition coefficient (Wildman–Crippen LogP) is 2.76. The molecule has 2 aromatic rings. The summed E-state index contributed by atoms with van der Waals surface area (Å²) in [5.41, 5.74) is 1.17. The number of piperazine rings is 1. The number of ketones is 1. The van der Waals surface area contributed by atoms with Gasteiger partial charge in [-0.1, -0.05) is 6.07 Å². The van der Waals surface area contributed by atoms with Crippen molar-refractivity contribution in [3.63, 3.8) is 0 Å². The van der Waals surface area contributed by atoms with Crippen LogP contribution in [0.1, 0.15) is 16.8 Å². The van der Waals surface area contributed by atoms with E-state index in [1.54, 1.807) is 12.4 Å². The van der Waals surface area contributed by atoms with Gasteiger partial charge in [0.1, 0.15) is 0 Å². The minimum atomic E-state index is -0.690. The first-order valence-electron chi connectivity index (χ1n) is 8.03. The van der Waals surface area contributed by atoms with Gasteiger partial charge < -0.3 is 4.90 Å². The van der Waals surface area contributed by atoms with Crippen molar-refractivity contribution in [2.75, 3.05) is 37.6 Å². The molecule has 2 heterocycles. The molecule has 0 saturated carbocycles. The molecule has 6 heteroatoms. The quantitative estimate of drug-likeness (QED) is 0.792. The van der Waals surface area contributed by atoms with Gasteiger partial charge in [0.15, 0.2) is 5.78 Å². The van der Waals surface area contributed by atoms with E-state index < -0.39 is 11.5 Å². The minimum Gasteiger partial charge on any atom is -0.369 e. The average Bonchev–Trinajstić information content (AvgIpc) is 2.63. The highest BCUT2D eigenvalue weighted by molar-refractivity contribution is 5.99. The fourth-order valence-electron chi connectivity index (χ4n) is 2.91. The molecular formula is C18H19N3O3. The van der Waals surface area contributed by atoms with Crippen molar-refractivity contribution in [3.8, 4) is 11.5 Å².